The van der Waals surface area contributed by atoms with Gasteiger partial charge in [0.05, 0.1) is 6.33 Å². The van der Waals surface area contributed by atoms with E-state index in [0.717, 1.165) is 5.56 Å². The Labute approximate surface area is 120 Å². The zero-order valence-electron chi connectivity index (χ0n) is 11.0. The number of nitrogens with one attached hydrogen (secondary N) is 2. The third kappa shape index (κ3) is 2.81. The van der Waals surface area contributed by atoms with Crippen LogP contribution < -0.4 is 5.32 Å². The molecule has 7 heteroatoms. The Morgan fingerprint density at radius 2 is 2.05 bits per heavy atom. The van der Waals surface area contributed by atoms with Crippen LogP contribution in [0.1, 0.15) is 5.56 Å². The third-order valence-corrected chi connectivity index (χ3v) is 3.11. The van der Waals surface area contributed by atoms with E-state index in [0.29, 0.717) is 23.4 Å². The predicted octanol–water partition coefficient (Wildman–Crippen LogP) is 1.46. The van der Waals surface area contributed by atoms with Crippen LogP contribution in [-0.4, -0.2) is 37.1 Å². The van der Waals surface area contributed by atoms with Crippen LogP contribution in [0.3, 0.4) is 0 Å². The molecule has 2 aromatic heterocycles. The van der Waals surface area contributed by atoms with E-state index in [9.17, 15) is 9.90 Å². The van der Waals surface area contributed by atoms with Crippen molar-refractivity contribution in [3.8, 4) is 0 Å². The summed E-state index contributed by atoms with van der Waals surface area (Å²) in [5.74, 6) is -0.536. The molecule has 21 heavy (non-hydrogen) atoms. The van der Waals surface area contributed by atoms with Gasteiger partial charge in [-0.25, -0.2) is 19.7 Å². The first kappa shape index (κ1) is 13.0. The second-order valence-electron chi connectivity index (χ2n) is 4.55. The molecule has 1 unspecified atom stereocenters. The van der Waals surface area contributed by atoms with Gasteiger partial charge in [0.1, 0.15) is 17.9 Å². The molecule has 2 heterocycles. The average Bonchev–Trinajstić information content (AvgIpc) is 2.97. The number of carboxylic acid groups (broad SMARTS) is 1. The van der Waals surface area contributed by atoms with Gasteiger partial charge in [0, 0.05) is 6.42 Å². The van der Waals surface area contributed by atoms with E-state index in [4.69, 9.17) is 0 Å². The van der Waals surface area contributed by atoms with Gasteiger partial charge < -0.3 is 15.4 Å². The van der Waals surface area contributed by atoms with Gasteiger partial charge in [-0.2, -0.15) is 0 Å². The highest BCUT2D eigenvalue weighted by atomic mass is 16.4. The van der Waals surface area contributed by atoms with Crippen LogP contribution >= 0.6 is 0 Å². The number of fused-ring (bicyclic) bond motifs is 1. The Hall–Kier alpha value is -2.96. The third-order valence-electron chi connectivity index (χ3n) is 3.11. The number of hydrogen-bond donors (Lipinski definition) is 3. The van der Waals surface area contributed by atoms with Crippen LogP contribution in [0, 0.1) is 0 Å². The van der Waals surface area contributed by atoms with Crippen LogP contribution in [-0.2, 0) is 11.2 Å². The molecule has 0 bridgehead atoms. The van der Waals surface area contributed by atoms with Crippen LogP contribution in [0.4, 0.5) is 5.82 Å². The van der Waals surface area contributed by atoms with E-state index >= 15 is 0 Å². The lowest BCUT2D eigenvalue weighted by atomic mass is 10.1. The Morgan fingerprint density at radius 1 is 1.24 bits per heavy atom. The van der Waals surface area contributed by atoms with Gasteiger partial charge in [-0.3, -0.25) is 0 Å². The van der Waals surface area contributed by atoms with Crippen molar-refractivity contribution < 1.29 is 9.90 Å². The highest BCUT2D eigenvalue weighted by Crippen LogP contribution is 2.16. The fraction of sp³-hybridized carbons (Fsp3) is 0.143. The molecule has 1 atom stereocenters. The predicted molar refractivity (Wildman–Crippen MR) is 76.9 cm³/mol. The maximum Gasteiger partial charge on any atom is 0.326 e. The summed E-state index contributed by atoms with van der Waals surface area (Å²) >= 11 is 0. The molecule has 0 saturated heterocycles. The summed E-state index contributed by atoms with van der Waals surface area (Å²) in [6, 6.07) is 8.64. The molecule has 0 radical (unpaired) electrons. The number of anilines is 1. The second kappa shape index (κ2) is 5.58. The molecule has 1 aromatic carbocycles. The van der Waals surface area contributed by atoms with E-state index in [-0.39, 0.29) is 0 Å². The number of carbonyl (C=O) groups is 1. The summed E-state index contributed by atoms with van der Waals surface area (Å²) in [4.78, 5) is 26.5. The van der Waals surface area contributed by atoms with Gasteiger partial charge >= 0.3 is 5.97 Å². The smallest absolute Gasteiger partial charge is 0.326 e. The first-order valence-corrected chi connectivity index (χ1v) is 6.41. The van der Waals surface area contributed by atoms with Crippen molar-refractivity contribution in [1.82, 2.24) is 19.9 Å². The van der Waals surface area contributed by atoms with Gasteiger partial charge in [-0.05, 0) is 5.56 Å². The number of hydrogen-bond acceptors (Lipinski definition) is 5. The number of imidazole rings is 1. The van der Waals surface area contributed by atoms with Gasteiger partial charge in [0.15, 0.2) is 11.5 Å². The average molecular weight is 283 g/mol. The maximum absolute atomic E-state index is 11.4. The summed E-state index contributed by atoms with van der Waals surface area (Å²) in [6.45, 7) is 0. The standard InChI is InChI=1S/C14H13N5O2/c20-14(21)10(6-9-4-2-1-3-5-9)19-13-11-12(16-7-15-11)17-8-18-13/h1-5,7-8,10H,6H2,(H,20,21)(H2,15,16,17,18,19). The zero-order chi connectivity index (χ0) is 14.7. The van der Waals surface area contributed by atoms with Crippen LogP contribution in [0.5, 0.6) is 0 Å². The molecular weight excluding hydrogens is 270 g/mol. The van der Waals surface area contributed by atoms with Crippen LogP contribution in [0.2, 0.25) is 0 Å². The lowest BCUT2D eigenvalue weighted by Gasteiger charge is -2.15. The molecule has 3 aromatic rings. The number of benzene rings is 1. The Bertz CT molecular complexity index is 756. The van der Waals surface area contributed by atoms with Crippen molar-refractivity contribution in [2.75, 3.05) is 5.32 Å². The number of rotatable bonds is 5. The summed E-state index contributed by atoms with van der Waals surface area (Å²) in [6.07, 6.45) is 3.22. The van der Waals surface area contributed by atoms with Gasteiger partial charge in [-0.15, -0.1) is 0 Å². The number of H-pyrrole nitrogens is 1. The highest BCUT2D eigenvalue weighted by molar-refractivity contribution is 5.85. The van der Waals surface area contributed by atoms with Crippen LogP contribution in [0.15, 0.2) is 43.0 Å². The first-order valence-electron chi connectivity index (χ1n) is 6.41. The summed E-state index contributed by atoms with van der Waals surface area (Å²) in [5.41, 5.74) is 2.03. The number of aliphatic carboxylic acids is 1. The molecule has 3 N–H and O–H groups in total. The van der Waals surface area contributed by atoms with Gasteiger partial charge in [0.25, 0.3) is 0 Å². The lowest BCUT2D eigenvalue weighted by molar-refractivity contribution is -0.137. The summed E-state index contributed by atoms with van der Waals surface area (Å²) in [7, 11) is 0. The number of nitrogens with zero attached hydrogens (tertiary/aromatic N) is 3. The molecule has 106 valence electrons. The number of carboxylic acids is 1. The Morgan fingerprint density at radius 3 is 2.81 bits per heavy atom. The Balaban J connectivity index is 1.85. The zero-order valence-corrected chi connectivity index (χ0v) is 11.0. The maximum atomic E-state index is 11.4. The first-order chi connectivity index (χ1) is 10.2. The van der Waals surface area contributed by atoms with Gasteiger partial charge in [0.2, 0.25) is 0 Å². The SMILES string of the molecule is O=C(O)C(Cc1ccccc1)Nc1ncnc2[nH]cnc12. The number of aromatic amines is 1. The molecular formula is C14H13N5O2. The number of aromatic nitrogens is 4. The van der Waals surface area contributed by atoms with Crippen molar-refractivity contribution in [2.45, 2.75) is 12.5 Å². The van der Waals surface area contributed by atoms with E-state index in [2.05, 4.69) is 25.3 Å². The van der Waals surface area contributed by atoms with Gasteiger partial charge in [-0.1, -0.05) is 30.3 Å². The minimum Gasteiger partial charge on any atom is -0.480 e. The van der Waals surface area contributed by atoms with E-state index in [1.54, 1.807) is 0 Å². The van der Waals surface area contributed by atoms with E-state index in [1.165, 1.54) is 12.7 Å². The van der Waals surface area contributed by atoms with Crippen molar-refractivity contribution in [3.05, 3.63) is 48.5 Å². The van der Waals surface area contributed by atoms with Crippen molar-refractivity contribution in [3.63, 3.8) is 0 Å². The summed E-state index contributed by atoms with van der Waals surface area (Å²) in [5, 5.41) is 12.3. The van der Waals surface area contributed by atoms with Crippen LogP contribution in [0.25, 0.3) is 11.2 Å². The Kier molecular flexibility index (Phi) is 3.46. The molecule has 3 rings (SSSR count). The molecule has 0 fully saturated rings. The molecule has 0 aliphatic carbocycles. The quantitative estimate of drug-likeness (QED) is 0.655. The largest absolute Gasteiger partial charge is 0.480 e. The minimum absolute atomic E-state index is 0.353. The van der Waals surface area contributed by atoms with E-state index < -0.39 is 12.0 Å². The monoisotopic (exact) mass is 283 g/mol. The molecule has 0 aliphatic heterocycles. The highest BCUT2D eigenvalue weighted by Gasteiger charge is 2.20. The molecule has 7 nitrogen and oxygen atoms in total. The molecule has 0 aliphatic rings. The minimum atomic E-state index is -0.943. The second-order valence-corrected chi connectivity index (χ2v) is 4.55. The molecule has 0 amide bonds. The fourth-order valence-electron chi connectivity index (χ4n) is 2.09. The topological polar surface area (TPSA) is 104 Å². The fourth-order valence-corrected chi connectivity index (χ4v) is 2.09. The summed E-state index contributed by atoms with van der Waals surface area (Å²) < 4.78 is 0. The van der Waals surface area contributed by atoms with Crippen molar-refractivity contribution in [1.29, 1.82) is 0 Å². The van der Waals surface area contributed by atoms with Crippen molar-refractivity contribution in [2.24, 2.45) is 0 Å². The molecule has 0 saturated carbocycles. The van der Waals surface area contributed by atoms with E-state index in [1.807, 2.05) is 30.3 Å². The molecule has 0 spiro atoms. The normalized spacial score (nSPS) is 12.2. The lowest BCUT2D eigenvalue weighted by Crippen LogP contribution is -2.32. The van der Waals surface area contributed by atoms with Crippen molar-refractivity contribution >= 4 is 23.0 Å².